The smallest absolute Gasteiger partial charge is 0.333 e. The van der Waals surface area contributed by atoms with Gasteiger partial charge in [-0.3, -0.25) is 10.1 Å². The normalized spacial score (nSPS) is 11.2. The second-order valence-corrected chi connectivity index (χ2v) is 6.25. The lowest BCUT2D eigenvalue weighted by Gasteiger charge is -2.13. The van der Waals surface area contributed by atoms with Crippen LogP contribution in [0.25, 0.3) is 0 Å². The molecule has 8 nitrogen and oxygen atoms in total. The van der Waals surface area contributed by atoms with Crippen LogP contribution in [0.4, 0.5) is 42.0 Å². The molecule has 3 aromatic rings. The number of nitrogens with zero attached hydrogens (tertiary/aromatic N) is 4. The van der Waals surface area contributed by atoms with Crippen LogP contribution in [0.3, 0.4) is 0 Å². The van der Waals surface area contributed by atoms with Gasteiger partial charge < -0.3 is 10.6 Å². The van der Waals surface area contributed by atoms with Crippen molar-refractivity contribution in [1.82, 2.24) is 15.0 Å². The fourth-order valence-electron chi connectivity index (χ4n) is 2.32. The Morgan fingerprint density at radius 1 is 1.07 bits per heavy atom. The number of nitro groups is 1. The highest BCUT2D eigenvalue weighted by Crippen LogP contribution is 2.37. The summed E-state index contributed by atoms with van der Waals surface area (Å²) in [6.45, 7) is 1.82. The van der Waals surface area contributed by atoms with Crippen LogP contribution >= 0.6 is 11.6 Å². The highest BCUT2D eigenvalue weighted by atomic mass is 35.5. The molecule has 0 fully saturated rings. The average molecular weight is 425 g/mol. The number of pyridine rings is 1. The summed E-state index contributed by atoms with van der Waals surface area (Å²) >= 11 is 5.94. The third kappa shape index (κ3) is 4.69. The third-order valence-electron chi connectivity index (χ3n) is 3.71. The molecule has 0 radical (unpaired) electrons. The number of anilines is 4. The Balaban J connectivity index is 2.00. The summed E-state index contributed by atoms with van der Waals surface area (Å²) in [5.41, 5.74) is -0.858. The lowest BCUT2D eigenvalue weighted by molar-refractivity contribution is -0.383. The van der Waals surface area contributed by atoms with Gasteiger partial charge in [-0.05, 0) is 36.8 Å². The number of nitrogens with one attached hydrogen (secondary N) is 2. The number of aryl methyl sites for hydroxylation is 1. The minimum atomic E-state index is -4.61. The Labute approximate surface area is 166 Å². The highest BCUT2D eigenvalue weighted by molar-refractivity contribution is 6.33. The SMILES string of the molecule is Cc1ccc(Nc2ncnc(Nc3cc(C(F)(F)F)ccc3Cl)c2[N+](=O)[O-])nc1. The van der Waals surface area contributed by atoms with Crippen molar-refractivity contribution in [3.63, 3.8) is 0 Å². The van der Waals surface area contributed by atoms with Gasteiger partial charge in [0, 0.05) is 6.20 Å². The molecule has 2 N–H and O–H groups in total. The quantitative estimate of drug-likeness (QED) is 0.425. The van der Waals surface area contributed by atoms with Gasteiger partial charge in [0.2, 0.25) is 11.6 Å². The predicted octanol–water partition coefficient (Wildman–Crippen LogP) is 5.25. The summed E-state index contributed by atoms with van der Waals surface area (Å²) < 4.78 is 38.9. The van der Waals surface area contributed by atoms with E-state index in [4.69, 9.17) is 11.6 Å². The highest BCUT2D eigenvalue weighted by Gasteiger charge is 2.31. The van der Waals surface area contributed by atoms with Crippen LogP contribution in [0.2, 0.25) is 5.02 Å². The number of halogens is 4. The second-order valence-electron chi connectivity index (χ2n) is 5.84. The van der Waals surface area contributed by atoms with Crippen molar-refractivity contribution in [2.24, 2.45) is 0 Å². The number of rotatable bonds is 5. The lowest BCUT2D eigenvalue weighted by Crippen LogP contribution is -2.08. The zero-order valence-electron chi connectivity index (χ0n) is 14.7. The van der Waals surface area contributed by atoms with Crippen LogP contribution in [-0.2, 0) is 6.18 Å². The van der Waals surface area contributed by atoms with Gasteiger partial charge in [-0.2, -0.15) is 13.2 Å². The van der Waals surface area contributed by atoms with E-state index in [1.807, 2.05) is 6.92 Å². The molecule has 0 bridgehead atoms. The summed E-state index contributed by atoms with van der Waals surface area (Å²) in [7, 11) is 0. The molecule has 0 atom stereocenters. The van der Waals surface area contributed by atoms with Crippen LogP contribution < -0.4 is 10.6 Å². The fourth-order valence-corrected chi connectivity index (χ4v) is 2.49. The largest absolute Gasteiger partial charge is 0.416 e. The molecule has 0 unspecified atom stereocenters. The maximum atomic E-state index is 13.0. The van der Waals surface area contributed by atoms with Gasteiger partial charge in [0.1, 0.15) is 12.1 Å². The second kappa shape index (κ2) is 7.87. The molecule has 3 rings (SSSR count). The van der Waals surface area contributed by atoms with Crippen molar-refractivity contribution in [3.8, 4) is 0 Å². The molecule has 0 spiro atoms. The number of benzene rings is 1. The van der Waals surface area contributed by atoms with Gasteiger partial charge in [-0.15, -0.1) is 0 Å². The molecule has 0 aliphatic rings. The van der Waals surface area contributed by atoms with Crippen LogP contribution in [0.1, 0.15) is 11.1 Å². The van der Waals surface area contributed by atoms with Crippen molar-refractivity contribution in [3.05, 3.63) is 69.1 Å². The molecule has 12 heteroatoms. The van der Waals surface area contributed by atoms with E-state index < -0.39 is 22.4 Å². The molecular formula is C17H12ClF3N6O2. The van der Waals surface area contributed by atoms with E-state index >= 15 is 0 Å². The van der Waals surface area contributed by atoms with Crippen LogP contribution in [0.15, 0.2) is 42.9 Å². The van der Waals surface area contributed by atoms with Gasteiger partial charge in [0.25, 0.3) is 0 Å². The van der Waals surface area contributed by atoms with Crippen LogP contribution in [0.5, 0.6) is 0 Å². The molecule has 2 aromatic heterocycles. The van der Waals surface area contributed by atoms with Crippen molar-refractivity contribution >= 4 is 40.4 Å². The predicted molar refractivity (Wildman–Crippen MR) is 101 cm³/mol. The van der Waals surface area contributed by atoms with E-state index in [1.54, 1.807) is 18.3 Å². The Morgan fingerprint density at radius 2 is 1.76 bits per heavy atom. The van der Waals surface area contributed by atoms with Gasteiger partial charge in [-0.25, -0.2) is 15.0 Å². The lowest BCUT2D eigenvalue weighted by atomic mass is 10.2. The molecule has 1 aromatic carbocycles. The Morgan fingerprint density at radius 3 is 2.34 bits per heavy atom. The zero-order valence-corrected chi connectivity index (χ0v) is 15.4. The van der Waals surface area contributed by atoms with E-state index in [2.05, 4.69) is 25.6 Å². The number of alkyl halides is 3. The average Bonchev–Trinajstić information content (AvgIpc) is 2.64. The first kappa shape index (κ1) is 20.3. The first-order valence-electron chi connectivity index (χ1n) is 7.98. The van der Waals surface area contributed by atoms with Crippen molar-refractivity contribution < 1.29 is 18.1 Å². The molecule has 0 aliphatic heterocycles. The summed E-state index contributed by atoms with van der Waals surface area (Å²) in [5.74, 6) is -0.228. The maximum Gasteiger partial charge on any atom is 0.416 e. The van der Waals surface area contributed by atoms with E-state index in [1.165, 1.54) is 0 Å². The molecular weight excluding hydrogens is 413 g/mol. The monoisotopic (exact) mass is 424 g/mol. The molecule has 0 saturated carbocycles. The maximum absolute atomic E-state index is 13.0. The van der Waals surface area contributed by atoms with Crippen molar-refractivity contribution in [1.29, 1.82) is 0 Å². The van der Waals surface area contributed by atoms with Gasteiger partial charge in [0.05, 0.1) is 21.2 Å². The van der Waals surface area contributed by atoms with Gasteiger partial charge >= 0.3 is 11.9 Å². The number of hydrogen-bond acceptors (Lipinski definition) is 7. The molecule has 0 amide bonds. The Hall–Kier alpha value is -3.47. The Kier molecular flexibility index (Phi) is 5.50. The van der Waals surface area contributed by atoms with E-state index in [9.17, 15) is 23.3 Å². The summed E-state index contributed by atoms with van der Waals surface area (Å²) in [4.78, 5) is 22.5. The first-order chi connectivity index (χ1) is 13.6. The molecule has 29 heavy (non-hydrogen) atoms. The van der Waals surface area contributed by atoms with Gasteiger partial charge in [-0.1, -0.05) is 17.7 Å². The minimum absolute atomic E-state index is 0.0689. The topological polar surface area (TPSA) is 106 Å². The summed E-state index contributed by atoms with van der Waals surface area (Å²) in [5, 5.41) is 16.7. The van der Waals surface area contributed by atoms with Crippen molar-refractivity contribution in [2.75, 3.05) is 10.6 Å². The molecule has 2 heterocycles. The van der Waals surface area contributed by atoms with E-state index in [0.717, 1.165) is 30.1 Å². The number of aromatic nitrogens is 3. The van der Waals surface area contributed by atoms with Gasteiger partial charge in [0.15, 0.2) is 0 Å². The van der Waals surface area contributed by atoms with E-state index in [0.29, 0.717) is 5.82 Å². The standard InChI is InChI=1S/C17H12ClF3N6O2/c1-9-2-5-13(22-7-9)26-16-14(27(28)29)15(23-8-24-16)25-12-6-10(17(19,20)21)3-4-11(12)18/h2-8H,1H3,(H2,22,23,24,25,26). The summed E-state index contributed by atoms with van der Waals surface area (Å²) in [6, 6.07) is 5.91. The first-order valence-corrected chi connectivity index (χ1v) is 8.36. The molecule has 0 aliphatic carbocycles. The van der Waals surface area contributed by atoms with E-state index in [-0.39, 0.29) is 22.3 Å². The van der Waals surface area contributed by atoms with Crippen molar-refractivity contribution in [2.45, 2.75) is 13.1 Å². The number of hydrogen-bond donors (Lipinski definition) is 2. The summed E-state index contributed by atoms with van der Waals surface area (Å²) in [6.07, 6.45) is -2.03. The molecule has 150 valence electrons. The zero-order chi connectivity index (χ0) is 21.2. The van der Waals surface area contributed by atoms with Crippen LogP contribution in [0, 0.1) is 17.0 Å². The fraction of sp³-hybridized carbons (Fsp3) is 0.118. The third-order valence-corrected chi connectivity index (χ3v) is 4.04. The minimum Gasteiger partial charge on any atom is -0.333 e. The Bertz CT molecular complexity index is 1060. The molecule has 0 saturated heterocycles. The van der Waals surface area contributed by atoms with Crippen LogP contribution in [-0.4, -0.2) is 19.9 Å².